The van der Waals surface area contributed by atoms with Gasteiger partial charge < -0.3 is 52.1 Å². The molecule has 0 aliphatic carbocycles. The molecule has 2 heterocycles. The molecule has 2 fully saturated rings. The van der Waals surface area contributed by atoms with E-state index in [9.17, 15) is 19.2 Å². The van der Waals surface area contributed by atoms with Crippen LogP contribution in [0.2, 0.25) is 0 Å². The first-order valence-corrected chi connectivity index (χ1v) is 11.9. The Kier molecular flexibility index (Phi) is 16.4. The lowest BCUT2D eigenvalue weighted by Crippen LogP contribution is -2.46. The van der Waals surface area contributed by atoms with Gasteiger partial charge in [-0.15, -0.1) is 0 Å². The molecule has 212 valence electrons. The second kappa shape index (κ2) is 19.7. The molecule has 0 atom stereocenters. The molecule has 0 bridgehead atoms. The van der Waals surface area contributed by atoms with E-state index in [0.717, 1.165) is 0 Å². The molecular weight excluding hydrogens is 504 g/mol. The number of ether oxygens (including phenoxy) is 11. The first kappa shape index (κ1) is 30.8. The minimum absolute atomic E-state index is 0.00587. The molecule has 2 rings (SSSR count). The maximum Gasteiger partial charge on any atom is 0.347 e. The van der Waals surface area contributed by atoms with E-state index in [1.165, 1.54) is 0 Å². The quantitative estimate of drug-likeness (QED) is 0.215. The molecule has 15 heteroatoms. The zero-order chi connectivity index (χ0) is 26.6. The summed E-state index contributed by atoms with van der Waals surface area (Å²) in [5.74, 6) is -4.79. The van der Waals surface area contributed by atoms with E-state index in [1.54, 1.807) is 0 Å². The molecule has 2 aliphatic rings. The van der Waals surface area contributed by atoms with Crippen molar-refractivity contribution in [3.8, 4) is 0 Å². The van der Waals surface area contributed by atoms with Crippen LogP contribution in [0.15, 0.2) is 0 Å². The number of carbonyl (C=O) groups is 4. The van der Waals surface area contributed by atoms with Gasteiger partial charge in [0.25, 0.3) is 12.2 Å². The van der Waals surface area contributed by atoms with Crippen molar-refractivity contribution in [2.45, 2.75) is 12.2 Å². The molecule has 0 saturated carbocycles. The summed E-state index contributed by atoms with van der Waals surface area (Å²) in [5, 5.41) is 0. The fourth-order valence-corrected chi connectivity index (χ4v) is 2.74. The van der Waals surface area contributed by atoms with Crippen LogP contribution in [0.4, 0.5) is 0 Å². The summed E-state index contributed by atoms with van der Waals surface area (Å²) in [6, 6.07) is 0. The summed E-state index contributed by atoms with van der Waals surface area (Å²) >= 11 is 0. The molecule has 0 spiro atoms. The zero-order valence-electron chi connectivity index (χ0n) is 20.6. The zero-order valence-corrected chi connectivity index (χ0v) is 20.6. The van der Waals surface area contributed by atoms with Crippen LogP contribution in [0.5, 0.6) is 0 Å². The number of hydrogen-bond donors (Lipinski definition) is 0. The van der Waals surface area contributed by atoms with Crippen LogP contribution >= 0.6 is 0 Å². The fourth-order valence-electron chi connectivity index (χ4n) is 2.74. The van der Waals surface area contributed by atoms with Crippen molar-refractivity contribution in [2.24, 2.45) is 0 Å². The molecule has 0 aromatic rings. The Morgan fingerprint density at radius 2 is 0.541 bits per heavy atom. The normalized spacial score (nSPS) is 23.4. The maximum atomic E-state index is 12.6. The van der Waals surface area contributed by atoms with Crippen molar-refractivity contribution < 1.29 is 71.3 Å². The lowest BCUT2D eigenvalue weighted by molar-refractivity contribution is -0.192. The van der Waals surface area contributed by atoms with Gasteiger partial charge in [0.2, 0.25) is 0 Å². The lowest BCUT2D eigenvalue weighted by atomic mass is 10.3. The highest BCUT2D eigenvalue weighted by atomic mass is 16.7. The number of hydrogen-bond acceptors (Lipinski definition) is 15. The van der Waals surface area contributed by atoms with Crippen molar-refractivity contribution in [1.29, 1.82) is 0 Å². The van der Waals surface area contributed by atoms with E-state index in [1.807, 2.05) is 0 Å². The predicted octanol–water partition coefficient (Wildman–Crippen LogP) is -1.96. The molecule has 15 nitrogen and oxygen atoms in total. The number of esters is 4. The first-order valence-electron chi connectivity index (χ1n) is 11.9. The Hall–Kier alpha value is -2.40. The van der Waals surface area contributed by atoms with E-state index in [0.29, 0.717) is 26.4 Å². The minimum atomic E-state index is -2.09. The van der Waals surface area contributed by atoms with Gasteiger partial charge in [-0.1, -0.05) is 0 Å². The lowest BCUT2D eigenvalue weighted by Gasteiger charge is -2.21. The van der Waals surface area contributed by atoms with Gasteiger partial charge in [-0.2, -0.15) is 0 Å². The molecule has 0 aromatic heterocycles. The van der Waals surface area contributed by atoms with Crippen molar-refractivity contribution in [3.63, 3.8) is 0 Å². The molecule has 0 radical (unpaired) electrons. The van der Waals surface area contributed by atoms with Gasteiger partial charge in [-0.25, -0.2) is 19.2 Å². The molecule has 37 heavy (non-hydrogen) atoms. The van der Waals surface area contributed by atoms with Gasteiger partial charge in [-0.05, 0) is 0 Å². The van der Waals surface area contributed by atoms with Crippen molar-refractivity contribution in [3.05, 3.63) is 0 Å². The fraction of sp³-hybridized carbons (Fsp3) is 0.818. The molecule has 0 aromatic carbocycles. The van der Waals surface area contributed by atoms with Gasteiger partial charge in [0.15, 0.2) is 0 Å². The maximum absolute atomic E-state index is 12.6. The Morgan fingerprint density at radius 1 is 0.351 bits per heavy atom. The third kappa shape index (κ3) is 13.6. The average molecular weight is 538 g/mol. The van der Waals surface area contributed by atoms with Crippen molar-refractivity contribution in [1.82, 2.24) is 0 Å². The van der Waals surface area contributed by atoms with Crippen molar-refractivity contribution in [2.75, 3.05) is 106 Å². The molecule has 0 amide bonds. The van der Waals surface area contributed by atoms with E-state index in [2.05, 4.69) is 0 Å². The molecule has 0 unspecified atom stereocenters. The van der Waals surface area contributed by atoms with E-state index in [-0.39, 0.29) is 79.3 Å². The van der Waals surface area contributed by atoms with Crippen LogP contribution in [-0.4, -0.2) is 142 Å². The van der Waals surface area contributed by atoms with Gasteiger partial charge in [-0.3, -0.25) is 0 Å². The highest BCUT2D eigenvalue weighted by molar-refractivity contribution is 6.01. The number of cyclic esters (lactones) is 4. The molecule has 2 saturated heterocycles. The van der Waals surface area contributed by atoms with E-state index < -0.39 is 36.1 Å². The van der Waals surface area contributed by atoms with Crippen LogP contribution in [0.1, 0.15) is 0 Å². The van der Waals surface area contributed by atoms with E-state index >= 15 is 0 Å². The predicted molar refractivity (Wildman–Crippen MR) is 117 cm³/mol. The van der Waals surface area contributed by atoms with Crippen LogP contribution in [-0.2, 0) is 71.3 Å². The van der Waals surface area contributed by atoms with Gasteiger partial charge in [0, 0.05) is 0 Å². The Morgan fingerprint density at radius 3 is 0.757 bits per heavy atom. The highest BCUT2D eigenvalue weighted by Crippen LogP contribution is 2.09. The summed E-state index contributed by atoms with van der Waals surface area (Å²) in [5.41, 5.74) is 0. The van der Waals surface area contributed by atoms with Gasteiger partial charge in [0.1, 0.15) is 26.4 Å². The summed E-state index contributed by atoms with van der Waals surface area (Å²) in [7, 11) is 0. The third-order valence-electron chi connectivity index (χ3n) is 4.50. The number of carbonyl (C=O) groups excluding carboxylic acids is 4. The Labute approximate surface area is 213 Å². The standard InChI is InChI=1S/C22H34O15/c23-19-17(20(24)34-14-10-30-6-2-27-1-5-29-9-13-33-19)37-18-21(25)35-15-11-31-7-3-28-4-8-32-12-16-36-22(18)26/h17-18H,1-16H2. The monoisotopic (exact) mass is 538 g/mol. The SMILES string of the molecule is O=C1OCCOCCOCCOCCOC(=O)C1OC1C(=O)OCCOCCOCCOCCOC1=O. The van der Waals surface area contributed by atoms with Crippen LogP contribution in [0.3, 0.4) is 0 Å². The molecule has 0 N–H and O–H groups in total. The van der Waals surface area contributed by atoms with Gasteiger partial charge >= 0.3 is 23.9 Å². The summed E-state index contributed by atoms with van der Waals surface area (Å²) < 4.78 is 57.0. The Balaban J connectivity index is 2.07. The largest absolute Gasteiger partial charge is 0.461 e. The third-order valence-corrected chi connectivity index (χ3v) is 4.50. The minimum Gasteiger partial charge on any atom is -0.461 e. The second-order valence-corrected chi connectivity index (χ2v) is 7.24. The van der Waals surface area contributed by atoms with Crippen molar-refractivity contribution >= 4 is 23.9 Å². The second-order valence-electron chi connectivity index (χ2n) is 7.24. The van der Waals surface area contributed by atoms with E-state index in [4.69, 9.17) is 52.1 Å². The Bertz CT molecular complexity index is 577. The molecule has 2 aliphatic heterocycles. The smallest absolute Gasteiger partial charge is 0.347 e. The summed E-state index contributed by atoms with van der Waals surface area (Å²) in [4.78, 5) is 50.5. The summed E-state index contributed by atoms with van der Waals surface area (Å²) in [6.45, 7) is 1.36. The van der Waals surface area contributed by atoms with Crippen LogP contribution < -0.4 is 0 Å². The number of rotatable bonds is 2. The summed E-state index contributed by atoms with van der Waals surface area (Å²) in [6.07, 6.45) is -4.17. The highest BCUT2D eigenvalue weighted by Gasteiger charge is 2.41. The average Bonchev–Trinajstić information content (AvgIpc) is 2.88. The van der Waals surface area contributed by atoms with Crippen LogP contribution in [0.25, 0.3) is 0 Å². The molecular formula is C22H34O15. The first-order chi connectivity index (χ1) is 18.1. The van der Waals surface area contributed by atoms with Crippen LogP contribution in [0, 0.1) is 0 Å². The topological polar surface area (TPSA) is 170 Å². The van der Waals surface area contributed by atoms with Gasteiger partial charge in [0.05, 0.1) is 79.3 Å².